The monoisotopic (exact) mass is 157 g/mol. The second-order valence-corrected chi connectivity index (χ2v) is 2.80. The van der Waals surface area contributed by atoms with Gasteiger partial charge in [0, 0.05) is 6.92 Å². The van der Waals surface area contributed by atoms with Gasteiger partial charge in [-0.05, 0) is 13.8 Å². The quantitative estimate of drug-likeness (QED) is 0.343. The lowest BCUT2D eigenvalue weighted by atomic mass is 10.1. The number of carbonyl (C=O) groups is 1. The van der Waals surface area contributed by atoms with E-state index in [9.17, 15) is 9.59 Å². The van der Waals surface area contributed by atoms with E-state index in [2.05, 4.69) is 9.73 Å². The summed E-state index contributed by atoms with van der Waals surface area (Å²) in [4.78, 5) is 23.6. The van der Waals surface area contributed by atoms with Gasteiger partial charge in [-0.3, -0.25) is 4.79 Å². The van der Waals surface area contributed by atoms with Crippen molar-refractivity contribution in [3.8, 4) is 0 Å². The van der Waals surface area contributed by atoms with E-state index in [1.54, 1.807) is 13.8 Å². The smallest absolute Gasteiger partial charge is 0.302 e. The van der Waals surface area contributed by atoms with Gasteiger partial charge in [0.15, 0.2) is 0 Å². The van der Waals surface area contributed by atoms with Crippen molar-refractivity contribution >= 4 is 12.0 Å². The average Bonchev–Trinajstić information content (AvgIpc) is 1.84. The molecule has 0 amide bonds. The van der Waals surface area contributed by atoms with Crippen LogP contribution in [0.5, 0.6) is 0 Å². The van der Waals surface area contributed by atoms with E-state index in [0.29, 0.717) is 0 Å². The summed E-state index contributed by atoms with van der Waals surface area (Å²) >= 11 is 0. The normalized spacial score (nSPS) is 10.1. The number of aliphatic imine (C=N–C) groups is 1. The minimum Gasteiger partial charge on any atom is -0.463 e. The molecule has 0 aromatic rings. The van der Waals surface area contributed by atoms with Gasteiger partial charge in [0.2, 0.25) is 6.08 Å². The number of carbonyl (C=O) groups excluding carboxylic acids is 2. The zero-order chi connectivity index (χ0) is 8.91. The number of hydrogen-bond acceptors (Lipinski definition) is 4. The predicted molar refractivity (Wildman–Crippen MR) is 38.8 cm³/mol. The predicted octanol–water partition coefficient (Wildman–Crippen LogP) is 0.664. The van der Waals surface area contributed by atoms with Crippen LogP contribution in [0.4, 0.5) is 0 Å². The summed E-state index contributed by atoms with van der Waals surface area (Å²) in [5, 5.41) is 0. The Morgan fingerprint density at radius 2 is 2.18 bits per heavy atom. The molecule has 0 saturated heterocycles. The molecule has 0 aromatic heterocycles. The highest BCUT2D eigenvalue weighted by Crippen LogP contribution is 2.07. The molecular formula is C7H11NO3. The van der Waals surface area contributed by atoms with Crippen LogP contribution in [0.2, 0.25) is 0 Å². The standard InChI is InChI=1S/C7H11NO3/c1-6(10)11-4-7(2,3)8-5-9/h4H2,1-3H3. The van der Waals surface area contributed by atoms with Crippen LogP contribution in [0.15, 0.2) is 4.99 Å². The van der Waals surface area contributed by atoms with Crippen molar-refractivity contribution in [3.05, 3.63) is 0 Å². The Bertz CT molecular complexity index is 192. The Labute approximate surface area is 65.3 Å². The molecule has 11 heavy (non-hydrogen) atoms. The van der Waals surface area contributed by atoms with Gasteiger partial charge in [-0.25, -0.2) is 4.79 Å². The number of hydrogen-bond donors (Lipinski definition) is 0. The maximum Gasteiger partial charge on any atom is 0.302 e. The van der Waals surface area contributed by atoms with Crippen LogP contribution < -0.4 is 0 Å². The summed E-state index contributed by atoms with van der Waals surface area (Å²) in [7, 11) is 0. The van der Waals surface area contributed by atoms with E-state index in [1.807, 2.05) is 0 Å². The van der Waals surface area contributed by atoms with Gasteiger partial charge in [-0.1, -0.05) is 0 Å². The second-order valence-electron chi connectivity index (χ2n) is 2.80. The summed E-state index contributed by atoms with van der Waals surface area (Å²) in [5.41, 5.74) is -0.659. The first kappa shape index (κ1) is 9.85. The van der Waals surface area contributed by atoms with E-state index in [0.717, 1.165) is 0 Å². The Morgan fingerprint density at radius 3 is 2.55 bits per heavy atom. The molecule has 0 rings (SSSR count). The van der Waals surface area contributed by atoms with Crippen molar-refractivity contribution in [3.63, 3.8) is 0 Å². The topological polar surface area (TPSA) is 55.7 Å². The third-order valence-corrected chi connectivity index (χ3v) is 0.977. The molecule has 62 valence electrons. The van der Waals surface area contributed by atoms with Crippen molar-refractivity contribution < 1.29 is 14.3 Å². The maximum absolute atomic E-state index is 10.3. The highest BCUT2D eigenvalue weighted by Gasteiger charge is 2.17. The summed E-state index contributed by atoms with van der Waals surface area (Å²) in [6, 6.07) is 0. The SMILES string of the molecule is CC(=O)OCC(C)(C)N=C=O. The van der Waals surface area contributed by atoms with Gasteiger partial charge in [0.25, 0.3) is 0 Å². The molecule has 0 N–H and O–H groups in total. The van der Waals surface area contributed by atoms with Crippen LogP contribution in [0.25, 0.3) is 0 Å². The zero-order valence-electron chi connectivity index (χ0n) is 6.88. The van der Waals surface area contributed by atoms with Crippen LogP contribution in [0, 0.1) is 0 Å². The van der Waals surface area contributed by atoms with E-state index in [-0.39, 0.29) is 12.6 Å². The molecule has 0 saturated carbocycles. The number of ether oxygens (including phenoxy) is 1. The first-order valence-electron chi connectivity index (χ1n) is 3.20. The van der Waals surface area contributed by atoms with E-state index in [4.69, 9.17) is 0 Å². The molecule has 0 bridgehead atoms. The van der Waals surface area contributed by atoms with E-state index in [1.165, 1.54) is 13.0 Å². The van der Waals surface area contributed by atoms with Crippen LogP contribution in [-0.4, -0.2) is 24.2 Å². The molecule has 0 heterocycles. The fourth-order valence-electron chi connectivity index (χ4n) is 0.434. The first-order valence-corrected chi connectivity index (χ1v) is 3.20. The van der Waals surface area contributed by atoms with Crippen LogP contribution in [-0.2, 0) is 14.3 Å². The number of rotatable bonds is 3. The summed E-state index contributed by atoms with van der Waals surface area (Å²) in [6.45, 7) is 4.78. The Hall–Kier alpha value is -1.15. The van der Waals surface area contributed by atoms with Gasteiger partial charge in [0.1, 0.15) is 12.1 Å². The Morgan fingerprint density at radius 1 is 1.64 bits per heavy atom. The first-order chi connectivity index (χ1) is 4.98. The van der Waals surface area contributed by atoms with Gasteiger partial charge >= 0.3 is 5.97 Å². The van der Waals surface area contributed by atoms with Crippen molar-refractivity contribution in [2.45, 2.75) is 26.3 Å². The number of nitrogens with zero attached hydrogens (tertiary/aromatic N) is 1. The molecule has 0 aliphatic heterocycles. The number of isocyanates is 1. The lowest BCUT2D eigenvalue weighted by Crippen LogP contribution is -2.25. The molecule has 0 spiro atoms. The summed E-state index contributed by atoms with van der Waals surface area (Å²) in [6.07, 6.45) is 1.42. The molecule has 0 unspecified atom stereocenters. The molecule has 0 fully saturated rings. The third kappa shape index (κ3) is 5.30. The van der Waals surface area contributed by atoms with Gasteiger partial charge < -0.3 is 4.74 Å². The molecule has 0 atom stereocenters. The zero-order valence-corrected chi connectivity index (χ0v) is 6.88. The van der Waals surface area contributed by atoms with Gasteiger partial charge in [-0.2, -0.15) is 4.99 Å². The van der Waals surface area contributed by atoms with E-state index < -0.39 is 5.54 Å². The van der Waals surface area contributed by atoms with Crippen molar-refractivity contribution in [1.29, 1.82) is 0 Å². The van der Waals surface area contributed by atoms with Gasteiger partial charge in [0.05, 0.1) is 0 Å². The summed E-state index contributed by atoms with van der Waals surface area (Å²) < 4.78 is 4.65. The Balaban J connectivity index is 3.91. The average molecular weight is 157 g/mol. The molecule has 0 aliphatic carbocycles. The van der Waals surface area contributed by atoms with Crippen LogP contribution >= 0.6 is 0 Å². The van der Waals surface area contributed by atoms with Crippen LogP contribution in [0.1, 0.15) is 20.8 Å². The molecule has 0 radical (unpaired) electrons. The maximum atomic E-state index is 10.3. The molecule has 4 nitrogen and oxygen atoms in total. The van der Waals surface area contributed by atoms with Crippen molar-refractivity contribution in [1.82, 2.24) is 0 Å². The lowest BCUT2D eigenvalue weighted by molar-refractivity contribution is -0.142. The van der Waals surface area contributed by atoms with Crippen LogP contribution in [0.3, 0.4) is 0 Å². The Kier molecular flexibility index (Phi) is 3.48. The fraction of sp³-hybridized carbons (Fsp3) is 0.714. The van der Waals surface area contributed by atoms with E-state index >= 15 is 0 Å². The van der Waals surface area contributed by atoms with Gasteiger partial charge in [-0.15, -0.1) is 0 Å². The minimum atomic E-state index is -0.659. The highest BCUT2D eigenvalue weighted by molar-refractivity contribution is 5.65. The third-order valence-electron chi connectivity index (χ3n) is 0.977. The lowest BCUT2D eigenvalue weighted by Gasteiger charge is -2.15. The van der Waals surface area contributed by atoms with Crippen molar-refractivity contribution in [2.24, 2.45) is 4.99 Å². The number of esters is 1. The molecule has 4 heteroatoms. The molecule has 0 aromatic carbocycles. The minimum absolute atomic E-state index is 0.109. The highest BCUT2D eigenvalue weighted by atomic mass is 16.5. The molecular weight excluding hydrogens is 146 g/mol. The molecule has 0 aliphatic rings. The fourth-order valence-corrected chi connectivity index (χ4v) is 0.434. The largest absolute Gasteiger partial charge is 0.463 e. The second kappa shape index (κ2) is 3.88. The summed E-state index contributed by atoms with van der Waals surface area (Å²) in [5.74, 6) is -0.376. The van der Waals surface area contributed by atoms with Crippen molar-refractivity contribution in [2.75, 3.05) is 6.61 Å².